The third-order valence-corrected chi connectivity index (χ3v) is 3.23. The highest BCUT2D eigenvalue weighted by Gasteiger charge is 2.35. The van der Waals surface area contributed by atoms with Crippen molar-refractivity contribution in [1.29, 1.82) is 0 Å². The van der Waals surface area contributed by atoms with Crippen LogP contribution in [-0.4, -0.2) is 29.2 Å². The second kappa shape index (κ2) is 3.71. The van der Waals surface area contributed by atoms with Crippen LogP contribution in [0.3, 0.4) is 0 Å². The predicted octanol–water partition coefficient (Wildman–Crippen LogP) is 1.37. The summed E-state index contributed by atoms with van der Waals surface area (Å²) in [5.41, 5.74) is 0. The summed E-state index contributed by atoms with van der Waals surface area (Å²) in [4.78, 5) is 24.4. The van der Waals surface area contributed by atoms with E-state index in [9.17, 15) is 9.59 Å². The summed E-state index contributed by atoms with van der Waals surface area (Å²) in [6, 6.07) is 0.321. The number of carbonyl (C=O) groups excluding carboxylic acids is 2. The number of ketones is 1. The summed E-state index contributed by atoms with van der Waals surface area (Å²) in [5, 5.41) is 0. The van der Waals surface area contributed by atoms with Crippen LogP contribution in [0.1, 0.15) is 39.0 Å². The van der Waals surface area contributed by atoms with Crippen molar-refractivity contribution < 1.29 is 9.59 Å². The monoisotopic (exact) mass is 195 g/mol. The zero-order valence-corrected chi connectivity index (χ0v) is 8.66. The number of carbonyl (C=O) groups is 2. The zero-order chi connectivity index (χ0) is 10.1. The lowest BCUT2D eigenvalue weighted by Gasteiger charge is -2.25. The lowest BCUT2D eigenvalue weighted by molar-refractivity contribution is -0.129. The summed E-state index contributed by atoms with van der Waals surface area (Å²) in [6.07, 6.45) is 4.85. The molecule has 3 nitrogen and oxygen atoms in total. The highest BCUT2D eigenvalue weighted by Crippen LogP contribution is 2.35. The van der Waals surface area contributed by atoms with Crippen molar-refractivity contribution in [3.63, 3.8) is 0 Å². The minimum absolute atomic E-state index is 0.0440. The summed E-state index contributed by atoms with van der Waals surface area (Å²) in [5.74, 6) is 0.954. The topological polar surface area (TPSA) is 37.4 Å². The van der Waals surface area contributed by atoms with Crippen molar-refractivity contribution in [1.82, 2.24) is 4.90 Å². The van der Waals surface area contributed by atoms with Gasteiger partial charge in [-0.15, -0.1) is 0 Å². The first-order valence-corrected chi connectivity index (χ1v) is 5.52. The number of Topliss-reactive ketones (excluding diaryl/α,β-unsaturated/α-hetero) is 1. The molecular weight excluding hydrogens is 178 g/mol. The molecule has 2 aliphatic rings. The molecule has 0 N–H and O–H groups in total. The Morgan fingerprint density at radius 1 is 1.43 bits per heavy atom. The number of nitrogens with zero attached hydrogens (tertiary/aromatic N) is 1. The summed E-state index contributed by atoms with van der Waals surface area (Å²) < 4.78 is 0. The zero-order valence-electron chi connectivity index (χ0n) is 8.66. The number of rotatable bonds is 4. The molecule has 1 aliphatic carbocycles. The van der Waals surface area contributed by atoms with Crippen LogP contribution in [-0.2, 0) is 9.59 Å². The molecule has 0 spiro atoms. The van der Waals surface area contributed by atoms with Crippen molar-refractivity contribution in [2.75, 3.05) is 6.54 Å². The molecule has 0 aromatic carbocycles. The van der Waals surface area contributed by atoms with E-state index in [1.165, 1.54) is 12.8 Å². The molecule has 0 radical (unpaired) electrons. The molecule has 1 unspecified atom stereocenters. The fourth-order valence-electron chi connectivity index (χ4n) is 2.19. The van der Waals surface area contributed by atoms with Gasteiger partial charge in [0, 0.05) is 6.04 Å². The van der Waals surface area contributed by atoms with Crippen LogP contribution in [0, 0.1) is 5.92 Å². The van der Waals surface area contributed by atoms with Crippen molar-refractivity contribution in [2.24, 2.45) is 5.92 Å². The van der Waals surface area contributed by atoms with Crippen LogP contribution < -0.4 is 0 Å². The van der Waals surface area contributed by atoms with E-state index in [-0.39, 0.29) is 18.1 Å². The summed E-state index contributed by atoms with van der Waals surface area (Å²) in [7, 11) is 0. The number of hydrogen-bond donors (Lipinski definition) is 0. The Morgan fingerprint density at radius 3 is 2.57 bits per heavy atom. The molecule has 1 heterocycles. The summed E-state index contributed by atoms with van der Waals surface area (Å²) in [6.45, 7) is 2.47. The van der Waals surface area contributed by atoms with Crippen LogP contribution in [0.4, 0.5) is 0 Å². The Kier molecular flexibility index (Phi) is 2.57. The standard InChI is InChI=1S/C11H17NO2/c1-2-9(5-8-3-4-8)12-7-10(13)6-11(12)14/h8-9H,2-7H2,1H3. The highest BCUT2D eigenvalue weighted by atomic mass is 16.2. The van der Waals surface area contributed by atoms with Crippen LogP contribution >= 0.6 is 0 Å². The number of hydrogen-bond acceptors (Lipinski definition) is 2. The van der Waals surface area contributed by atoms with E-state index in [0.29, 0.717) is 12.6 Å². The maximum absolute atomic E-state index is 11.5. The van der Waals surface area contributed by atoms with E-state index in [2.05, 4.69) is 6.92 Å². The molecule has 14 heavy (non-hydrogen) atoms. The van der Waals surface area contributed by atoms with E-state index >= 15 is 0 Å². The molecule has 1 atom stereocenters. The fourth-order valence-corrected chi connectivity index (χ4v) is 2.19. The van der Waals surface area contributed by atoms with Crippen LogP contribution in [0.5, 0.6) is 0 Å². The maximum atomic E-state index is 11.5. The molecule has 1 saturated carbocycles. The predicted molar refractivity (Wildman–Crippen MR) is 52.8 cm³/mol. The normalized spacial score (nSPS) is 24.5. The van der Waals surface area contributed by atoms with Gasteiger partial charge in [0.15, 0.2) is 5.78 Å². The third-order valence-electron chi connectivity index (χ3n) is 3.23. The highest BCUT2D eigenvalue weighted by molar-refractivity contribution is 6.05. The molecule has 0 bridgehead atoms. The van der Waals surface area contributed by atoms with Gasteiger partial charge in [-0.2, -0.15) is 0 Å². The van der Waals surface area contributed by atoms with Crippen LogP contribution in [0.15, 0.2) is 0 Å². The molecule has 2 fully saturated rings. The van der Waals surface area contributed by atoms with Gasteiger partial charge >= 0.3 is 0 Å². The van der Waals surface area contributed by atoms with Crippen LogP contribution in [0.2, 0.25) is 0 Å². The average Bonchev–Trinajstić information content (AvgIpc) is 2.89. The Balaban J connectivity index is 1.95. The largest absolute Gasteiger partial charge is 0.332 e. The van der Waals surface area contributed by atoms with Gasteiger partial charge in [-0.25, -0.2) is 0 Å². The van der Waals surface area contributed by atoms with Gasteiger partial charge in [0.05, 0.1) is 13.0 Å². The van der Waals surface area contributed by atoms with Crippen molar-refractivity contribution in [3.05, 3.63) is 0 Å². The number of amides is 1. The molecule has 3 heteroatoms. The van der Waals surface area contributed by atoms with Gasteiger partial charge in [0.25, 0.3) is 0 Å². The molecule has 78 valence electrons. The molecular formula is C11H17NO2. The van der Waals surface area contributed by atoms with Gasteiger partial charge in [-0.1, -0.05) is 19.8 Å². The van der Waals surface area contributed by atoms with Gasteiger partial charge in [0.2, 0.25) is 5.91 Å². The van der Waals surface area contributed by atoms with Gasteiger partial charge < -0.3 is 4.90 Å². The molecule has 1 saturated heterocycles. The SMILES string of the molecule is CCC(CC1CC1)N1CC(=O)CC1=O. The fraction of sp³-hybridized carbons (Fsp3) is 0.818. The second-order valence-corrected chi connectivity index (χ2v) is 4.48. The number of likely N-dealkylation sites (tertiary alicyclic amines) is 1. The second-order valence-electron chi connectivity index (χ2n) is 4.48. The van der Waals surface area contributed by atoms with Crippen molar-refractivity contribution in [2.45, 2.75) is 45.1 Å². The van der Waals surface area contributed by atoms with Crippen molar-refractivity contribution >= 4 is 11.7 Å². The molecule has 2 rings (SSSR count). The lowest BCUT2D eigenvalue weighted by atomic mass is 10.1. The van der Waals surface area contributed by atoms with Gasteiger partial charge in [-0.3, -0.25) is 9.59 Å². The minimum atomic E-state index is 0.0440. The van der Waals surface area contributed by atoms with Gasteiger partial charge in [0.1, 0.15) is 0 Å². The molecule has 0 aromatic rings. The van der Waals surface area contributed by atoms with E-state index < -0.39 is 0 Å². The Labute approximate surface area is 84.5 Å². The first kappa shape index (κ1) is 9.69. The van der Waals surface area contributed by atoms with Crippen LogP contribution in [0.25, 0.3) is 0 Å². The average molecular weight is 195 g/mol. The van der Waals surface area contributed by atoms with E-state index in [1.807, 2.05) is 0 Å². The molecule has 0 aromatic heterocycles. The Hall–Kier alpha value is -0.860. The van der Waals surface area contributed by atoms with E-state index in [4.69, 9.17) is 0 Å². The first-order valence-electron chi connectivity index (χ1n) is 5.52. The molecule has 1 amide bonds. The van der Waals surface area contributed by atoms with E-state index in [1.54, 1.807) is 4.90 Å². The quantitative estimate of drug-likeness (QED) is 0.635. The lowest BCUT2D eigenvalue weighted by Crippen LogP contribution is -2.36. The maximum Gasteiger partial charge on any atom is 0.230 e. The minimum Gasteiger partial charge on any atom is -0.332 e. The smallest absolute Gasteiger partial charge is 0.230 e. The molecule has 1 aliphatic heterocycles. The summed E-state index contributed by atoms with van der Waals surface area (Å²) >= 11 is 0. The van der Waals surface area contributed by atoms with Crippen molar-refractivity contribution in [3.8, 4) is 0 Å². The Morgan fingerprint density at radius 2 is 2.14 bits per heavy atom. The Bertz CT molecular complexity index is 258. The third kappa shape index (κ3) is 1.97. The van der Waals surface area contributed by atoms with Gasteiger partial charge in [-0.05, 0) is 18.8 Å². The first-order chi connectivity index (χ1) is 6.70. The van der Waals surface area contributed by atoms with E-state index in [0.717, 1.165) is 18.8 Å².